The number of benzene rings is 1. The fraction of sp³-hybridized carbons (Fsp3) is 0.455. The van der Waals surface area contributed by atoms with Gasteiger partial charge >= 0.3 is 0 Å². The first-order valence-corrected chi connectivity index (χ1v) is 5.95. The van der Waals surface area contributed by atoms with Crippen molar-refractivity contribution in [3.05, 3.63) is 28.5 Å². The second-order valence-corrected chi connectivity index (χ2v) is 4.50. The Labute approximate surface area is 102 Å². The molecule has 0 bridgehead atoms. The molecule has 1 atom stereocenters. The number of nitrogens with one attached hydrogen (secondary N) is 1. The van der Waals surface area contributed by atoms with E-state index in [0.717, 1.165) is 17.6 Å². The average Bonchev–Trinajstić information content (AvgIpc) is 2.32. The van der Waals surface area contributed by atoms with Crippen molar-refractivity contribution in [1.29, 1.82) is 0 Å². The standard InChI is InChI=1S/C11H13BrFNO2/c12-8-1-2-10(13)11(5-8)16-7-9-6-14-3-4-15-9/h1-2,5,9,14H,3-4,6-7H2. The van der Waals surface area contributed by atoms with Gasteiger partial charge in [0.15, 0.2) is 11.6 Å². The minimum atomic E-state index is -0.355. The lowest BCUT2D eigenvalue weighted by Gasteiger charge is -2.23. The van der Waals surface area contributed by atoms with Crippen LogP contribution < -0.4 is 10.1 Å². The third-order valence-corrected chi connectivity index (χ3v) is 2.82. The van der Waals surface area contributed by atoms with Gasteiger partial charge in [0.25, 0.3) is 0 Å². The zero-order chi connectivity index (χ0) is 11.4. The Morgan fingerprint density at radius 3 is 3.19 bits per heavy atom. The highest BCUT2D eigenvalue weighted by atomic mass is 79.9. The second kappa shape index (κ2) is 5.61. The van der Waals surface area contributed by atoms with Crippen LogP contribution in [-0.2, 0) is 4.74 Å². The number of ether oxygens (including phenoxy) is 2. The summed E-state index contributed by atoms with van der Waals surface area (Å²) in [5.41, 5.74) is 0. The molecule has 1 saturated heterocycles. The molecule has 0 spiro atoms. The summed E-state index contributed by atoms with van der Waals surface area (Å²) in [6.45, 7) is 2.65. The van der Waals surface area contributed by atoms with Crippen LogP contribution in [0.25, 0.3) is 0 Å². The van der Waals surface area contributed by atoms with Crippen molar-refractivity contribution < 1.29 is 13.9 Å². The van der Waals surface area contributed by atoms with E-state index in [-0.39, 0.29) is 17.7 Å². The highest BCUT2D eigenvalue weighted by molar-refractivity contribution is 9.10. The van der Waals surface area contributed by atoms with Gasteiger partial charge in [-0.05, 0) is 18.2 Å². The zero-order valence-electron chi connectivity index (χ0n) is 8.71. The maximum Gasteiger partial charge on any atom is 0.165 e. The lowest BCUT2D eigenvalue weighted by atomic mass is 10.3. The van der Waals surface area contributed by atoms with Gasteiger partial charge in [-0.1, -0.05) is 15.9 Å². The van der Waals surface area contributed by atoms with E-state index in [4.69, 9.17) is 9.47 Å². The molecule has 88 valence electrons. The van der Waals surface area contributed by atoms with Crippen molar-refractivity contribution in [2.24, 2.45) is 0 Å². The number of halogens is 2. The summed E-state index contributed by atoms with van der Waals surface area (Å²) in [4.78, 5) is 0. The quantitative estimate of drug-likeness (QED) is 0.923. The summed E-state index contributed by atoms with van der Waals surface area (Å²) in [7, 11) is 0. The number of morpholine rings is 1. The van der Waals surface area contributed by atoms with Gasteiger partial charge in [0.2, 0.25) is 0 Å². The lowest BCUT2D eigenvalue weighted by molar-refractivity contribution is -0.000550. The van der Waals surface area contributed by atoms with Gasteiger partial charge in [-0.15, -0.1) is 0 Å². The van der Waals surface area contributed by atoms with Gasteiger partial charge in [-0.3, -0.25) is 0 Å². The third-order valence-electron chi connectivity index (χ3n) is 2.32. The lowest BCUT2D eigenvalue weighted by Crippen LogP contribution is -2.41. The second-order valence-electron chi connectivity index (χ2n) is 3.58. The predicted molar refractivity (Wildman–Crippen MR) is 62.2 cm³/mol. The fourth-order valence-electron chi connectivity index (χ4n) is 1.50. The molecule has 0 aliphatic carbocycles. The van der Waals surface area contributed by atoms with E-state index < -0.39 is 0 Å². The molecule has 1 aliphatic heterocycles. The summed E-state index contributed by atoms with van der Waals surface area (Å²) >= 11 is 3.27. The molecule has 5 heteroatoms. The normalized spacial score (nSPS) is 20.8. The van der Waals surface area contributed by atoms with Crippen molar-refractivity contribution in [3.8, 4) is 5.75 Å². The van der Waals surface area contributed by atoms with Crippen LogP contribution in [0.4, 0.5) is 4.39 Å². The van der Waals surface area contributed by atoms with Gasteiger partial charge in [0, 0.05) is 17.6 Å². The molecule has 1 aliphatic rings. The van der Waals surface area contributed by atoms with Crippen LogP contribution in [0, 0.1) is 5.82 Å². The van der Waals surface area contributed by atoms with Crippen LogP contribution in [0.5, 0.6) is 5.75 Å². The van der Waals surface area contributed by atoms with Gasteiger partial charge in [-0.25, -0.2) is 4.39 Å². The average molecular weight is 290 g/mol. The molecule has 1 unspecified atom stereocenters. The highest BCUT2D eigenvalue weighted by Crippen LogP contribution is 2.22. The van der Waals surface area contributed by atoms with Gasteiger partial charge < -0.3 is 14.8 Å². The SMILES string of the molecule is Fc1ccc(Br)cc1OCC1CNCCO1. The molecule has 1 heterocycles. The van der Waals surface area contributed by atoms with E-state index in [9.17, 15) is 4.39 Å². The van der Waals surface area contributed by atoms with E-state index in [2.05, 4.69) is 21.2 Å². The first-order valence-electron chi connectivity index (χ1n) is 5.16. The summed E-state index contributed by atoms with van der Waals surface area (Å²) < 4.78 is 25.0. The van der Waals surface area contributed by atoms with Crippen LogP contribution in [0.2, 0.25) is 0 Å². The Morgan fingerprint density at radius 2 is 2.44 bits per heavy atom. The van der Waals surface area contributed by atoms with E-state index in [1.165, 1.54) is 6.07 Å². The Morgan fingerprint density at radius 1 is 1.56 bits per heavy atom. The smallest absolute Gasteiger partial charge is 0.165 e. The van der Waals surface area contributed by atoms with Crippen molar-refractivity contribution >= 4 is 15.9 Å². The van der Waals surface area contributed by atoms with Crippen molar-refractivity contribution in [2.45, 2.75) is 6.10 Å². The maximum absolute atomic E-state index is 13.3. The van der Waals surface area contributed by atoms with Gasteiger partial charge in [0.1, 0.15) is 12.7 Å². The Hall–Kier alpha value is -0.650. The maximum atomic E-state index is 13.3. The van der Waals surface area contributed by atoms with Crippen LogP contribution in [0.3, 0.4) is 0 Å². The molecule has 16 heavy (non-hydrogen) atoms. The number of rotatable bonds is 3. The first kappa shape index (κ1) is 11.8. The van der Waals surface area contributed by atoms with Gasteiger partial charge in [0.05, 0.1) is 6.61 Å². The monoisotopic (exact) mass is 289 g/mol. The van der Waals surface area contributed by atoms with Crippen molar-refractivity contribution in [3.63, 3.8) is 0 Å². The Bertz CT molecular complexity index is 356. The van der Waals surface area contributed by atoms with Crippen LogP contribution in [0.1, 0.15) is 0 Å². The van der Waals surface area contributed by atoms with Crippen LogP contribution >= 0.6 is 15.9 Å². The van der Waals surface area contributed by atoms with E-state index in [0.29, 0.717) is 13.2 Å². The number of hydrogen-bond acceptors (Lipinski definition) is 3. The Balaban J connectivity index is 1.90. The molecule has 3 nitrogen and oxygen atoms in total. The molecule has 1 fully saturated rings. The van der Waals surface area contributed by atoms with Crippen LogP contribution in [-0.4, -0.2) is 32.4 Å². The summed E-state index contributed by atoms with van der Waals surface area (Å²) in [6, 6.07) is 4.63. The topological polar surface area (TPSA) is 30.5 Å². The largest absolute Gasteiger partial charge is 0.488 e. The Kier molecular flexibility index (Phi) is 4.15. The fourth-order valence-corrected chi connectivity index (χ4v) is 1.84. The predicted octanol–water partition coefficient (Wildman–Crippen LogP) is 1.96. The highest BCUT2D eigenvalue weighted by Gasteiger charge is 2.14. The number of hydrogen-bond donors (Lipinski definition) is 1. The summed E-state index contributed by atoms with van der Waals surface area (Å²) in [5, 5.41) is 3.19. The molecule has 0 radical (unpaired) electrons. The van der Waals surface area contributed by atoms with Crippen molar-refractivity contribution in [1.82, 2.24) is 5.32 Å². The van der Waals surface area contributed by atoms with E-state index >= 15 is 0 Å². The summed E-state index contributed by atoms with van der Waals surface area (Å²) in [6.07, 6.45) is -0.00729. The van der Waals surface area contributed by atoms with Crippen molar-refractivity contribution in [2.75, 3.05) is 26.3 Å². The van der Waals surface area contributed by atoms with Crippen LogP contribution in [0.15, 0.2) is 22.7 Å². The molecular formula is C11H13BrFNO2. The zero-order valence-corrected chi connectivity index (χ0v) is 10.3. The molecule has 2 rings (SSSR count). The minimum absolute atomic E-state index is 0.00729. The third kappa shape index (κ3) is 3.17. The molecule has 1 aromatic carbocycles. The molecule has 0 aromatic heterocycles. The molecule has 1 N–H and O–H groups in total. The first-order chi connectivity index (χ1) is 7.75. The van der Waals surface area contributed by atoms with E-state index in [1.807, 2.05) is 0 Å². The van der Waals surface area contributed by atoms with Gasteiger partial charge in [-0.2, -0.15) is 0 Å². The minimum Gasteiger partial charge on any atom is -0.488 e. The molecule has 0 amide bonds. The van der Waals surface area contributed by atoms with E-state index in [1.54, 1.807) is 12.1 Å². The molecule has 0 saturated carbocycles. The molecular weight excluding hydrogens is 277 g/mol. The molecule has 1 aromatic rings. The summed E-state index contributed by atoms with van der Waals surface area (Å²) in [5.74, 6) is -0.101.